The molecule has 0 radical (unpaired) electrons. The quantitative estimate of drug-likeness (QED) is 0.586. The zero-order chi connectivity index (χ0) is 24.8. The molecule has 1 amide bonds. The molecule has 0 unspecified atom stereocenters. The van der Waals surface area contributed by atoms with Crippen LogP contribution >= 0.6 is 7.14 Å². The molecular weight excluding hydrogens is 461 g/mol. The van der Waals surface area contributed by atoms with Gasteiger partial charge in [-0.25, -0.2) is 14.8 Å². The summed E-state index contributed by atoms with van der Waals surface area (Å²) < 4.78 is 18.2. The fraction of sp³-hybridized carbons (Fsp3) is 0.577. The summed E-state index contributed by atoms with van der Waals surface area (Å²) in [7, 11) is -2.38. The number of ether oxygens (including phenoxy) is 1. The fourth-order valence-corrected chi connectivity index (χ4v) is 6.58. The average Bonchev–Trinajstić information content (AvgIpc) is 2.76. The molecule has 1 saturated carbocycles. The zero-order valence-electron chi connectivity index (χ0n) is 21.1. The summed E-state index contributed by atoms with van der Waals surface area (Å²) in [6.07, 6.45) is 5.06. The first-order chi connectivity index (χ1) is 16.6. The molecule has 5 rings (SSSR count). The van der Waals surface area contributed by atoms with Gasteiger partial charge in [-0.3, -0.25) is 9.80 Å². The molecule has 2 atom stereocenters. The number of benzene rings is 1. The maximum Gasteiger partial charge on any atom is 0.410 e. The second kappa shape index (κ2) is 9.21. The highest BCUT2D eigenvalue weighted by atomic mass is 31.2. The molecule has 3 heterocycles. The molecule has 1 aliphatic carbocycles. The van der Waals surface area contributed by atoms with Crippen LogP contribution in [0.2, 0.25) is 0 Å². The van der Waals surface area contributed by atoms with Gasteiger partial charge in [-0.1, -0.05) is 30.3 Å². The first kappa shape index (κ1) is 24.3. The molecule has 8 nitrogen and oxygen atoms in total. The normalized spacial score (nSPS) is 24.7. The lowest BCUT2D eigenvalue weighted by atomic mass is 9.61. The van der Waals surface area contributed by atoms with E-state index in [9.17, 15) is 9.36 Å². The van der Waals surface area contributed by atoms with Crippen molar-refractivity contribution in [1.29, 1.82) is 0 Å². The molecule has 188 valence electrons. The predicted octanol–water partition coefficient (Wildman–Crippen LogP) is 3.42. The number of carbonyl (C=O) groups is 1. The lowest BCUT2D eigenvalue weighted by Crippen LogP contribution is -2.65. The highest BCUT2D eigenvalue weighted by molar-refractivity contribution is 7.70. The number of anilines is 1. The van der Waals surface area contributed by atoms with Crippen molar-refractivity contribution in [2.45, 2.75) is 51.4 Å². The van der Waals surface area contributed by atoms with Gasteiger partial charge in [0.25, 0.3) is 0 Å². The second-order valence-electron chi connectivity index (χ2n) is 11.1. The number of aromatic nitrogens is 2. The van der Waals surface area contributed by atoms with E-state index in [0.29, 0.717) is 29.8 Å². The van der Waals surface area contributed by atoms with E-state index in [1.165, 1.54) is 5.56 Å². The van der Waals surface area contributed by atoms with E-state index in [-0.39, 0.29) is 24.3 Å². The number of likely N-dealkylation sites (tertiary alicyclic amines) is 1. The van der Waals surface area contributed by atoms with Crippen LogP contribution in [0, 0.1) is 5.41 Å². The minimum atomic E-state index is -2.38. The summed E-state index contributed by atoms with van der Waals surface area (Å²) in [5.74, 6) is 0.611. The summed E-state index contributed by atoms with van der Waals surface area (Å²) in [6, 6.07) is 10.5. The monoisotopic (exact) mass is 497 g/mol. The minimum absolute atomic E-state index is 0.0166. The van der Waals surface area contributed by atoms with Crippen LogP contribution in [0.15, 0.2) is 42.7 Å². The van der Waals surface area contributed by atoms with Gasteiger partial charge in [0.15, 0.2) is 0 Å². The van der Waals surface area contributed by atoms with Gasteiger partial charge >= 0.3 is 6.09 Å². The van der Waals surface area contributed by atoms with E-state index < -0.39 is 7.14 Å². The number of hydrogen-bond donors (Lipinski definition) is 0. The molecule has 2 aliphatic heterocycles. The average molecular weight is 498 g/mol. The molecule has 1 aromatic heterocycles. The van der Waals surface area contributed by atoms with Crippen molar-refractivity contribution in [3.8, 4) is 0 Å². The summed E-state index contributed by atoms with van der Waals surface area (Å²) in [4.78, 5) is 28.4. The van der Waals surface area contributed by atoms with Crippen molar-refractivity contribution in [3.05, 3.63) is 48.3 Å². The van der Waals surface area contributed by atoms with E-state index >= 15 is 0 Å². The van der Waals surface area contributed by atoms with Crippen LogP contribution < -0.4 is 10.2 Å². The Morgan fingerprint density at radius 2 is 1.66 bits per heavy atom. The van der Waals surface area contributed by atoms with Crippen LogP contribution in [0.1, 0.15) is 32.3 Å². The number of carbonyl (C=O) groups excluding carboxylic acids is 1. The smallest absolute Gasteiger partial charge is 0.410 e. The van der Waals surface area contributed by atoms with E-state index in [1.54, 1.807) is 25.7 Å². The van der Waals surface area contributed by atoms with Crippen LogP contribution in [-0.2, 0) is 15.8 Å². The molecule has 0 N–H and O–H groups in total. The van der Waals surface area contributed by atoms with E-state index in [2.05, 4.69) is 50.1 Å². The van der Waals surface area contributed by atoms with Crippen molar-refractivity contribution in [2.75, 3.05) is 44.4 Å². The van der Waals surface area contributed by atoms with Gasteiger partial charge in [0.1, 0.15) is 13.2 Å². The number of amides is 1. The molecule has 1 spiro atoms. The Morgan fingerprint density at radius 1 is 1.06 bits per heavy atom. The first-order valence-corrected chi connectivity index (χ1v) is 15.1. The molecule has 2 aromatic rings. The molecule has 35 heavy (non-hydrogen) atoms. The van der Waals surface area contributed by atoms with Crippen LogP contribution in [0.4, 0.5) is 10.7 Å². The Morgan fingerprint density at radius 3 is 2.23 bits per heavy atom. The lowest BCUT2D eigenvalue weighted by molar-refractivity contribution is -0.137. The molecule has 9 heteroatoms. The molecule has 1 aromatic carbocycles. The van der Waals surface area contributed by atoms with E-state index in [4.69, 9.17) is 4.74 Å². The Bertz CT molecular complexity index is 1080. The van der Waals surface area contributed by atoms with Gasteiger partial charge in [-0.2, -0.15) is 0 Å². The molecule has 2 saturated heterocycles. The van der Waals surface area contributed by atoms with Crippen LogP contribution in [0.25, 0.3) is 0 Å². The van der Waals surface area contributed by atoms with Gasteiger partial charge in [0.05, 0.1) is 12.1 Å². The predicted molar refractivity (Wildman–Crippen MR) is 138 cm³/mol. The van der Waals surface area contributed by atoms with Gasteiger partial charge in [-0.05, 0) is 45.6 Å². The first-order valence-electron chi connectivity index (χ1n) is 12.5. The highest BCUT2D eigenvalue weighted by Crippen LogP contribution is 2.50. The summed E-state index contributed by atoms with van der Waals surface area (Å²) in [5, 5.41) is 0.678. The highest BCUT2D eigenvalue weighted by Gasteiger charge is 2.54. The summed E-state index contributed by atoms with van der Waals surface area (Å²) in [6.45, 7) is 12.0. The third-order valence-electron chi connectivity index (χ3n) is 7.61. The Kier molecular flexibility index (Phi) is 6.39. The number of piperazine rings is 1. The Hall–Kier alpha value is -2.44. The van der Waals surface area contributed by atoms with Crippen molar-refractivity contribution in [3.63, 3.8) is 0 Å². The molecule has 3 aliphatic rings. The third-order valence-corrected chi connectivity index (χ3v) is 9.09. The Balaban J connectivity index is 1.10. The Labute approximate surface area is 208 Å². The SMILES string of the molecule is C[C@@H]1CN(c2ncc(P(C)(C)=O)cn2)C[C@H](C)N1C(=O)OC1CC2(C1)CN(Cc1ccccc1)C2. The van der Waals surface area contributed by atoms with Gasteiger partial charge < -0.3 is 14.2 Å². The summed E-state index contributed by atoms with van der Waals surface area (Å²) >= 11 is 0. The second-order valence-corrected chi connectivity index (χ2v) is 14.4. The van der Waals surface area contributed by atoms with Crippen molar-refractivity contribution in [1.82, 2.24) is 19.8 Å². The third kappa shape index (κ3) is 5.10. The minimum Gasteiger partial charge on any atom is -0.446 e. The van der Waals surface area contributed by atoms with Crippen LogP contribution in [0.5, 0.6) is 0 Å². The maximum absolute atomic E-state index is 13.1. The van der Waals surface area contributed by atoms with E-state index in [1.807, 2.05) is 18.7 Å². The topological polar surface area (TPSA) is 78.9 Å². The molecule has 0 bridgehead atoms. The standard InChI is InChI=1S/C26H36N5O3P/c1-19-14-30(24-27-12-23(13-28-24)35(3,4)33)15-20(2)31(19)25(32)34-22-10-26(11-22)17-29(18-26)16-21-8-6-5-7-9-21/h5-9,12-13,19-20,22H,10-11,14-18H2,1-4H3/t19-,20+. The zero-order valence-corrected chi connectivity index (χ0v) is 22.0. The maximum atomic E-state index is 13.1. The number of rotatable bonds is 5. The lowest BCUT2D eigenvalue weighted by Gasteiger charge is -2.58. The van der Waals surface area contributed by atoms with Gasteiger partial charge in [0, 0.05) is 55.8 Å². The fourth-order valence-electron chi connectivity index (χ4n) is 5.91. The van der Waals surface area contributed by atoms with Gasteiger partial charge in [-0.15, -0.1) is 0 Å². The van der Waals surface area contributed by atoms with Crippen molar-refractivity contribution >= 4 is 24.5 Å². The molecule has 3 fully saturated rings. The van der Waals surface area contributed by atoms with Crippen LogP contribution in [0.3, 0.4) is 0 Å². The van der Waals surface area contributed by atoms with E-state index in [0.717, 1.165) is 32.5 Å². The van der Waals surface area contributed by atoms with Crippen LogP contribution in [-0.4, -0.2) is 83.6 Å². The number of nitrogens with zero attached hydrogens (tertiary/aromatic N) is 5. The van der Waals surface area contributed by atoms with Gasteiger partial charge in [0.2, 0.25) is 5.95 Å². The van der Waals surface area contributed by atoms with Crippen molar-refractivity contribution < 1.29 is 14.1 Å². The largest absolute Gasteiger partial charge is 0.446 e. The number of hydrogen-bond acceptors (Lipinski definition) is 7. The molecular formula is C26H36N5O3P. The summed E-state index contributed by atoms with van der Waals surface area (Å²) in [5.41, 5.74) is 1.68. The van der Waals surface area contributed by atoms with Crippen molar-refractivity contribution in [2.24, 2.45) is 5.41 Å².